The van der Waals surface area contributed by atoms with Crippen LogP contribution in [-0.2, 0) is 11.3 Å². The van der Waals surface area contributed by atoms with Crippen LogP contribution in [0.25, 0.3) is 0 Å². The topological polar surface area (TPSA) is 50.4 Å². The number of hydrogen-bond donors (Lipinski definition) is 2. The average Bonchev–Trinajstić information content (AvgIpc) is 2.31. The second-order valence-corrected chi connectivity index (χ2v) is 4.52. The summed E-state index contributed by atoms with van der Waals surface area (Å²) in [5, 5.41) is 5.62. The van der Waals surface area contributed by atoms with E-state index in [-0.39, 0.29) is 5.91 Å². The maximum absolute atomic E-state index is 11.3. The van der Waals surface area contributed by atoms with E-state index in [1.807, 2.05) is 25.2 Å². The molecule has 2 N–H and O–H groups in total. The molecule has 17 heavy (non-hydrogen) atoms. The molecule has 1 unspecified atom stereocenters. The first-order valence-corrected chi connectivity index (χ1v) is 6.19. The van der Waals surface area contributed by atoms with Gasteiger partial charge in [0.1, 0.15) is 5.75 Å². The van der Waals surface area contributed by atoms with Crippen LogP contribution in [-0.4, -0.2) is 26.1 Å². The highest BCUT2D eigenvalue weighted by Crippen LogP contribution is 2.26. The summed E-state index contributed by atoms with van der Waals surface area (Å²) in [6.07, 6.45) is -0.508. The molecule has 94 valence electrons. The highest BCUT2D eigenvalue weighted by Gasteiger charge is 2.14. The number of ether oxygens (including phenoxy) is 1. The number of halogens is 1. The average molecular weight is 301 g/mol. The first-order chi connectivity index (χ1) is 8.08. The van der Waals surface area contributed by atoms with E-state index >= 15 is 0 Å². The quantitative estimate of drug-likeness (QED) is 0.870. The Morgan fingerprint density at radius 3 is 2.71 bits per heavy atom. The third kappa shape index (κ3) is 4.02. The van der Waals surface area contributed by atoms with E-state index in [1.165, 1.54) is 0 Å². The van der Waals surface area contributed by atoms with E-state index in [1.54, 1.807) is 14.0 Å². The summed E-state index contributed by atoms with van der Waals surface area (Å²) >= 11 is 3.43. The maximum atomic E-state index is 11.3. The predicted octanol–water partition coefficient (Wildman–Crippen LogP) is 1.68. The van der Waals surface area contributed by atoms with Crippen molar-refractivity contribution >= 4 is 21.8 Å². The number of likely N-dealkylation sites (N-methyl/N-ethyl adjacent to an activating group) is 1. The molecule has 0 bridgehead atoms. The Morgan fingerprint density at radius 2 is 2.18 bits per heavy atom. The Balaban J connectivity index is 2.75. The Kier molecular flexibility index (Phi) is 5.44. The molecule has 0 aliphatic rings. The minimum atomic E-state index is -0.508. The number of amides is 1. The molecule has 1 aromatic rings. The summed E-state index contributed by atoms with van der Waals surface area (Å²) in [6.45, 7) is 2.51. The number of hydrogen-bond acceptors (Lipinski definition) is 3. The molecule has 1 amide bonds. The van der Waals surface area contributed by atoms with Crippen LogP contribution in [0.2, 0.25) is 0 Å². The molecule has 4 nitrogen and oxygen atoms in total. The minimum absolute atomic E-state index is 0.142. The van der Waals surface area contributed by atoms with Crippen molar-refractivity contribution in [3.8, 4) is 5.75 Å². The third-order valence-corrected chi connectivity index (χ3v) is 2.92. The number of nitrogens with one attached hydrogen (secondary N) is 2. The van der Waals surface area contributed by atoms with Crippen molar-refractivity contribution in [2.45, 2.75) is 19.6 Å². The largest absolute Gasteiger partial charge is 0.480 e. The van der Waals surface area contributed by atoms with Crippen LogP contribution < -0.4 is 15.4 Å². The van der Waals surface area contributed by atoms with Crippen molar-refractivity contribution in [1.29, 1.82) is 0 Å². The number of carbonyl (C=O) groups excluding carboxylic acids is 1. The van der Waals surface area contributed by atoms with Crippen LogP contribution in [0.4, 0.5) is 0 Å². The second-order valence-electron chi connectivity index (χ2n) is 3.67. The van der Waals surface area contributed by atoms with Gasteiger partial charge in [-0.15, -0.1) is 0 Å². The van der Waals surface area contributed by atoms with Crippen LogP contribution in [0.1, 0.15) is 12.5 Å². The molecule has 1 aromatic carbocycles. The number of benzene rings is 1. The molecule has 0 saturated heterocycles. The zero-order valence-corrected chi connectivity index (χ0v) is 11.8. The van der Waals surface area contributed by atoms with Gasteiger partial charge in [-0.2, -0.15) is 0 Å². The van der Waals surface area contributed by atoms with E-state index < -0.39 is 6.10 Å². The summed E-state index contributed by atoms with van der Waals surface area (Å²) < 4.78 is 6.40. The van der Waals surface area contributed by atoms with Crippen LogP contribution in [0.15, 0.2) is 22.7 Å². The summed E-state index contributed by atoms with van der Waals surface area (Å²) in [5.41, 5.74) is 1.15. The smallest absolute Gasteiger partial charge is 0.260 e. The minimum Gasteiger partial charge on any atom is -0.480 e. The Labute approximate surface area is 110 Å². The Bertz CT molecular complexity index is 396. The SMILES string of the molecule is CNCc1ccc(OC(C)C(=O)NC)c(Br)c1. The van der Waals surface area contributed by atoms with Crippen molar-refractivity contribution < 1.29 is 9.53 Å². The summed E-state index contributed by atoms with van der Waals surface area (Å²) in [6, 6.07) is 5.80. The second kappa shape index (κ2) is 6.61. The van der Waals surface area contributed by atoms with E-state index in [0.29, 0.717) is 5.75 Å². The fraction of sp³-hybridized carbons (Fsp3) is 0.417. The monoisotopic (exact) mass is 300 g/mol. The van der Waals surface area contributed by atoms with Gasteiger partial charge in [0.15, 0.2) is 6.10 Å². The fourth-order valence-electron chi connectivity index (χ4n) is 1.40. The standard InChI is InChI=1S/C12H17BrN2O2/c1-8(12(16)15-3)17-11-5-4-9(7-14-2)6-10(11)13/h4-6,8,14H,7H2,1-3H3,(H,15,16). The Hall–Kier alpha value is -1.07. The van der Waals surface area contributed by atoms with Crippen LogP contribution in [0.3, 0.4) is 0 Å². The lowest BCUT2D eigenvalue weighted by molar-refractivity contribution is -0.126. The van der Waals surface area contributed by atoms with Gasteiger partial charge in [-0.1, -0.05) is 6.07 Å². The van der Waals surface area contributed by atoms with Gasteiger partial charge in [0.05, 0.1) is 4.47 Å². The van der Waals surface area contributed by atoms with Gasteiger partial charge in [0.25, 0.3) is 5.91 Å². The molecule has 1 atom stereocenters. The summed E-state index contributed by atoms with van der Waals surface area (Å²) in [4.78, 5) is 11.3. The van der Waals surface area contributed by atoms with Gasteiger partial charge in [0, 0.05) is 13.6 Å². The molecule has 0 aliphatic heterocycles. The Morgan fingerprint density at radius 1 is 1.47 bits per heavy atom. The molecule has 0 aromatic heterocycles. The molecule has 1 rings (SSSR count). The zero-order chi connectivity index (χ0) is 12.8. The fourth-order valence-corrected chi connectivity index (χ4v) is 1.92. The highest BCUT2D eigenvalue weighted by molar-refractivity contribution is 9.10. The molecular weight excluding hydrogens is 284 g/mol. The maximum Gasteiger partial charge on any atom is 0.260 e. The molecule has 0 saturated carbocycles. The lowest BCUT2D eigenvalue weighted by Crippen LogP contribution is -2.33. The number of rotatable bonds is 5. The van der Waals surface area contributed by atoms with Gasteiger partial charge in [0.2, 0.25) is 0 Å². The van der Waals surface area contributed by atoms with E-state index in [2.05, 4.69) is 26.6 Å². The van der Waals surface area contributed by atoms with Crippen LogP contribution in [0, 0.1) is 0 Å². The van der Waals surface area contributed by atoms with Crippen molar-refractivity contribution in [2.24, 2.45) is 0 Å². The first kappa shape index (κ1) is 14.0. The molecule has 0 radical (unpaired) electrons. The zero-order valence-electron chi connectivity index (χ0n) is 10.2. The van der Waals surface area contributed by atoms with E-state index in [0.717, 1.165) is 16.6 Å². The van der Waals surface area contributed by atoms with Crippen LogP contribution >= 0.6 is 15.9 Å². The van der Waals surface area contributed by atoms with E-state index in [4.69, 9.17) is 4.74 Å². The van der Waals surface area contributed by atoms with Gasteiger partial charge >= 0.3 is 0 Å². The molecular formula is C12H17BrN2O2. The van der Waals surface area contributed by atoms with Gasteiger partial charge < -0.3 is 15.4 Å². The predicted molar refractivity (Wildman–Crippen MR) is 71.1 cm³/mol. The number of carbonyl (C=O) groups is 1. The van der Waals surface area contributed by atoms with Crippen molar-refractivity contribution in [2.75, 3.05) is 14.1 Å². The van der Waals surface area contributed by atoms with Crippen LogP contribution in [0.5, 0.6) is 5.75 Å². The third-order valence-electron chi connectivity index (χ3n) is 2.30. The van der Waals surface area contributed by atoms with Gasteiger partial charge in [-0.3, -0.25) is 4.79 Å². The lowest BCUT2D eigenvalue weighted by Gasteiger charge is -2.15. The summed E-state index contributed by atoms with van der Waals surface area (Å²) in [5.74, 6) is 0.525. The molecule has 5 heteroatoms. The van der Waals surface area contributed by atoms with Crippen molar-refractivity contribution in [3.63, 3.8) is 0 Å². The van der Waals surface area contributed by atoms with Gasteiger partial charge in [-0.25, -0.2) is 0 Å². The highest BCUT2D eigenvalue weighted by atomic mass is 79.9. The lowest BCUT2D eigenvalue weighted by atomic mass is 10.2. The molecule has 0 heterocycles. The first-order valence-electron chi connectivity index (χ1n) is 5.39. The van der Waals surface area contributed by atoms with Crippen molar-refractivity contribution in [3.05, 3.63) is 28.2 Å². The van der Waals surface area contributed by atoms with E-state index in [9.17, 15) is 4.79 Å². The normalized spacial score (nSPS) is 12.0. The molecule has 0 fully saturated rings. The van der Waals surface area contributed by atoms with Crippen molar-refractivity contribution in [1.82, 2.24) is 10.6 Å². The van der Waals surface area contributed by atoms with Gasteiger partial charge in [-0.05, 0) is 47.6 Å². The summed E-state index contributed by atoms with van der Waals surface area (Å²) in [7, 11) is 3.49. The molecule has 0 aliphatic carbocycles. The molecule has 0 spiro atoms.